The molecular formula is C28H28F2N4O6. The molecular weight excluding hydrogens is 526 g/mol. The summed E-state index contributed by atoms with van der Waals surface area (Å²) in [4.78, 5) is 12.6. The van der Waals surface area contributed by atoms with Crippen molar-refractivity contribution in [1.82, 2.24) is 19.5 Å². The summed E-state index contributed by atoms with van der Waals surface area (Å²) in [5.41, 5.74) is -0.160. The van der Waals surface area contributed by atoms with Crippen molar-refractivity contribution in [3.63, 3.8) is 0 Å². The summed E-state index contributed by atoms with van der Waals surface area (Å²) in [6.07, 6.45) is -3.80. The van der Waals surface area contributed by atoms with E-state index in [2.05, 4.69) is 15.0 Å². The number of imidazole rings is 1. The number of fused-ring (bicyclic) bond motifs is 2. The van der Waals surface area contributed by atoms with Crippen LogP contribution in [0, 0.1) is 6.92 Å². The van der Waals surface area contributed by atoms with E-state index >= 15 is 0 Å². The highest BCUT2D eigenvalue weighted by Crippen LogP contribution is 2.56. The average molecular weight is 555 g/mol. The summed E-state index contributed by atoms with van der Waals surface area (Å²) in [5.74, 6) is -3.35. The Bertz CT molecular complexity index is 1550. The molecule has 210 valence electrons. The molecule has 0 radical (unpaired) electrons. The van der Waals surface area contributed by atoms with Gasteiger partial charge in [0.05, 0.1) is 12.0 Å². The Labute approximate surface area is 227 Å². The van der Waals surface area contributed by atoms with Crippen LogP contribution in [-0.2, 0) is 16.8 Å². The van der Waals surface area contributed by atoms with E-state index in [1.165, 1.54) is 29.4 Å². The minimum Gasteiger partial charge on any atom is -0.491 e. The van der Waals surface area contributed by atoms with Gasteiger partial charge in [0.25, 0.3) is 0 Å². The molecule has 4 aromatic rings. The smallest absolute Gasteiger partial charge is 0.309 e. The first-order valence-corrected chi connectivity index (χ1v) is 12.9. The molecule has 40 heavy (non-hydrogen) atoms. The summed E-state index contributed by atoms with van der Waals surface area (Å²) in [6, 6.07) is 12.6. The molecule has 10 nitrogen and oxygen atoms in total. The van der Waals surface area contributed by atoms with E-state index in [1.54, 1.807) is 43.3 Å². The zero-order valence-corrected chi connectivity index (χ0v) is 21.4. The monoisotopic (exact) mass is 554 g/mol. The summed E-state index contributed by atoms with van der Waals surface area (Å²) < 4.78 is 43.2. The largest absolute Gasteiger partial charge is 0.491 e. The van der Waals surface area contributed by atoms with Crippen LogP contribution >= 0.6 is 0 Å². The Balaban J connectivity index is 1.13. The maximum Gasteiger partial charge on any atom is 0.309 e. The van der Waals surface area contributed by atoms with Crippen molar-refractivity contribution in [3.8, 4) is 5.75 Å². The lowest BCUT2D eigenvalue weighted by Crippen LogP contribution is -2.44. The van der Waals surface area contributed by atoms with E-state index in [0.29, 0.717) is 28.2 Å². The number of alkyl halides is 2. The maximum atomic E-state index is 15.0. The zero-order chi connectivity index (χ0) is 28.2. The minimum atomic E-state index is -3.75. The Hall–Kier alpha value is -3.55. The van der Waals surface area contributed by atoms with Crippen molar-refractivity contribution < 1.29 is 38.7 Å². The number of aliphatic hydroxyl groups is 4. The number of halogens is 2. The molecule has 12 heteroatoms. The van der Waals surface area contributed by atoms with Gasteiger partial charge in [0, 0.05) is 0 Å². The molecule has 0 amide bonds. The Kier molecular flexibility index (Phi) is 6.55. The molecule has 0 bridgehead atoms. The SMILES string of the molecule is Cc1ncnc2c1ncn2[C@@H]1O[C@H](COc2cccc(CCC3(O)c4ccccc4C(O)C3(F)F)c2)[C@@H](O)[C@H]1O. The van der Waals surface area contributed by atoms with E-state index in [9.17, 15) is 29.2 Å². The first-order chi connectivity index (χ1) is 19.1. The standard InChI is InChI=1S/C28H28F2N4O6/c1-15-21-25(32-13-31-15)34(14-33-21)26-23(36)22(35)20(40-26)12-39-17-6-4-5-16(11-17)9-10-27(38)19-8-3-2-7-18(19)24(37)28(27,29)30/h2-8,11,13-14,20,22-24,26,35-38H,9-10,12H2,1H3/t20-,22-,23-,24?,26-,27?/m1/s1. The normalized spacial score (nSPS) is 29.1. The summed E-state index contributed by atoms with van der Waals surface area (Å²) in [7, 11) is 0. The van der Waals surface area contributed by atoms with Crippen molar-refractivity contribution in [2.75, 3.05) is 6.61 Å². The molecule has 1 fully saturated rings. The molecule has 6 rings (SSSR count). The predicted molar refractivity (Wildman–Crippen MR) is 136 cm³/mol. The van der Waals surface area contributed by atoms with Gasteiger partial charge in [-0.2, -0.15) is 8.78 Å². The minimum absolute atomic E-state index is 0.0210. The second-order valence-electron chi connectivity index (χ2n) is 10.3. The van der Waals surface area contributed by atoms with Crippen molar-refractivity contribution in [3.05, 3.63) is 83.6 Å². The third kappa shape index (κ3) is 4.14. The van der Waals surface area contributed by atoms with Crippen LogP contribution in [0.1, 0.15) is 41.1 Å². The molecule has 2 aliphatic rings. The fraction of sp³-hybridized carbons (Fsp3) is 0.393. The fourth-order valence-corrected chi connectivity index (χ4v) is 5.56. The number of hydrogen-bond acceptors (Lipinski definition) is 9. The lowest BCUT2D eigenvalue weighted by atomic mass is 9.86. The quantitative estimate of drug-likeness (QED) is 0.271. The van der Waals surface area contributed by atoms with E-state index in [-0.39, 0.29) is 30.6 Å². The fourth-order valence-electron chi connectivity index (χ4n) is 5.56. The highest BCUT2D eigenvalue weighted by atomic mass is 19.3. The number of benzene rings is 2. The second-order valence-corrected chi connectivity index (χ2v) is 10.3. The molecule has 2 aromatic carbocycles. The first kappa shape index (κ1) is 26.7. The third-order valence-corrected chi connectivity index (χ3v) is 7.84. The predicted octanol–water partition coefficient (Wildman–Crippen LogP) is 2.34. The maximum absolute atomic E-state index is 15.0. The summed E-state index contributed by atoms with van der Waals surface area (Å²) in [5, 5.41) is 42.5. The Morgan fingerprint density at radius 1 is 1.02 bits per heavy atom. The molecule has 3 heterocycles. The summed E-state index contributed by atoms with van der Waals surface area (Å²) in [6.45, 7) is 1.69. The van der Waals surface area contributed by atoms with Gasteiger partial charge in [-0.25, -0.2) is 15.0 Å². The molecule has 2 aromatic heterocycles. The van der Waals surface area contributed by atoms with E-state index in [1.807, 2.05) is 0 Å². The lowest BCUT2D eigenvalue weighted by Gasteiger charge is -2.32. The van der Waals surface area contributed by atoms with Gasteiger partial charge in [0.15, 0.2) is 17.5 Å². The molecule has 2 unspecified atom stereocenters. The molecule has 1 aliphatic heterocycles. The topological polar surface area (TPSA) is 143 Å². The van der Waals surface area contributed by atoms with Gasteiger partial charge in [-0.3, -0.25) is 4.57 Å². The van der Waals surface area contributed by atoms with E-state index in [0.717, 1.165) is 0 Å². The number of aryl methyl sites for hydroxylation is 2. The van der Waals surface area contributed by atoms with Gasteiger partial charge in [0.2, 0.25) is 0 Å². The molecule has 1 saturated heterocycles. The number of ether oxygens (including phenoxy) is 2. The van der Waals surface area contributed by atoms with Crippen molar-refractivity contribution >= 4 is 11.2 Å². The van der Waals surface area contributed by atoms with Crippen LogP contribution < -0.4 is 4.74 Å². The van der Waals surface area contributed by atoms with Gasteiger partial charge in [-0.15, -0.1) is 0 Å². The lowest BCUT2D eigenvalue weighted by molar-refractivity contribution is -0.226. The van der Waals surface area contributed by atoms with Gasteiger partial charge >= 0.3 is 5.92 Å². The molecule has 1 aliphatic carbocycles. The third-order valence-electron chi connectivity index (χ3n) is 7.84. The number of aromatic nitrogens is 4. The van der Waals surface area contributed by atoms with Gasteiger partial charge in [-0.1, -0.05) is 36.4 Å². The number of rotatable bonds is 7. The highest BCUT2D eigenvalue weighted by molar-refractivity contribution is 5.72. The average Bonchev–Trinajstić information content (AvgIpc) is 3.55. The summed E-state index contributed by atoms with van der Waals surface area (Å²) >= 11 is 0. The molecule has 0 saturated carbocycles. The van der Waals surface area contributed by atoms with Gasteiger partial charge in [-0.05, 0) is 48.6 Å². The van der Waals surface area contributed by atoms with Crippen LogP contribution in [0.5, 0.6) is 5.75 Å². The molecule has 6 atom stereocenters. The van der Waals surface area contributed by atoms with Crippen LogP contribution in [-0.4, -0.2) is 70.8 Å². The molecule has 0 spiro atoms. The van der Waals surface area contributed by atoms with Crippen molar-refractivity contribution in [2.24, 2.45) is 0 Å². The van der Waals surface area contributed by atoms with Crippen LogP contribution in [0.25, 0.3) is 11.2 Å². The van der Waals surface area contributed by atoms with Gasteiger partial charge < -0.3 is 29.9 Å². The van der Waals surface area contributed by atoms with Crippen molar-refractivity contribution in [2.45, 2.75) is 61.9 Å². The van der Waals surface area contributed by atoms with Crippen LogP contribution in [0.2, 0.25) is 0 Å². The second kappa shape index (κ2) is 9.82. The highest BCUT2D eigenvalue weighted by Gasteiger charge is 2.64. The zero-order valence-electron chi connectivity index (χ0n) is 21.4. The number of hydrogen-bond donors (Lipinski definition) is 4. The van der Waals surface area contributed by atoms with E-state index in [4.69, 9.17) is 9.47 Å². The first-order valence-electron chi connectivity index (χ1n) is 12.9. The Morgan fingerprint density at radius 2 is 1.82 bits per heavy atom. The van der Waals surface area contributed by atoms with E-state index < -0.39 is 42.2 Å². The number of aliphatic hydroxyl groups excluding tert-OH is 3. The number of nitrogens with zero attached hydrogens (tertiary/aromatic N) is 4. The van der Waals surface area contributed by atoms with Crippen molar-refractivity contribution in [1.29, 1.82) is 0 Å². The van der Waals surface area contributed by atoms with Crippen LogP contribution in [0.3, 0.4) is 0 Å². The Morgan fingerprint density at radius 3 is 2.65 bits per heavy atom. The molecule has 4 N–H and O–H groups in total. The van der Waals surface area contributed by atoms with Gasteiger partial charge in [0.1, 0.15) is 48.6 Å². The van der Waals surface area contributed by atoms with Crippen LogP contribution in [0.4, 0.5) is 8.78 Å². The van der Waals surface area contributed by atoms with Crippen LogP contribution in [0.15, 0.2) is 61.2 Å².